The average Bonchev–Trinajstić information content (AvgIpc) is 2.98. The number of fused-ring (bicyclic) bond motifs is 1. The van der Waals surface area contributed by atoms with E-state index in [1.165, 1.54) is 12.1 Å². The molecule has 0 aliphatic heterocycles. The molecule has 0 radical (unpaired) electrons. The van der Waals surface area contributed by atoms with Crippen molar-refractivity contribution in [2.45, 2.75) is 44.6 Å². The average molecular weight is 401 g/mol. The highest BCUT2D eigenvalue weighted by atomic mass is 32.2. The van der Waals surface area contributed by atoms with Gasteiger partial charge in [0, 0.05) is 25.1 Å². The van der Waals surface area contributed by atoms with Crippen LogP contribution in [0.1, 0.15) is 31.2 Å². The summed E-state index contributed by atoms with van der Waals surface area (Å²) in [5.41, 5.74) is 3.20. The summed E-state index contributed by atoms with van der Waals surface area (Å²) in [6.07, 6.45) is 1.63. The minimum atomic E-state index is -3.79. The number of hydrogen-bond donors (Lipinski definition) is 2. The fourth-order valence-electron chi connectivity index (χ4n) is 3.15. The van der Waals surface area contributed by atoms with E-state index < -0.39 is 10.0 Å². The highest BCUT2D eigenvalue weighted by molar-refractivity contribution is 7.89. The molecule has 0 bridgehead atoms. The predicted octanol–water partition coefficient (Wildman–Crippen LogP) is 2.97. The van der Waals surface area contributed by atoms with Crippen molar-refractivity contribution in [3.8, 4) is 0 Å². The number of aromatic nitrogens is 2. The van der Waals surface area contributed by atoms with Gasteiger partial charge in [-0.1, -0.05) is 25.1 Å². The van der Waals surface area contributed by atoms with E-state index in [0.29, 0.717) is 11.9 Å². The first-order valence-corrected chi connectivity index (χ1v) is 10.7. The Morgan fingerprint density at radius 1 is 1.21 bits per heavy atom. The topological polar surface area (TPSA) is 107 Å². The lowest BCUT2D eigenvalue weighted by Crippen LogP contribution is -2.14. The second-order valence-corrected chi connectivity index (χ2v) is 8.30. The van der Waals surface area contributed by atoms with Gasteiger partial charge in [0.25, 0.3) is 0 Å². The van der Waals surface area contributed by atoms with Crippen LogP contribution >= 0.6 is 0 Å². The summed E-state index contributed by atoms with van der Waals surface area (Å²) < 4.78 is 25.2. The number of anilines is 1. The number of nitrogens with two attached hydrogens (primary N) is 1. The van der Waals surface area contributed by atoms with Crippen molar-refractivity contribution >= 4 is 32.7 Å². The third-order valence-corrected chi connectivity index (χ3v) is 5.48. The molecule has 0 aliphatic carbocycles. The van der Waals surface area contributed by atoms with E-state index in [1.54, 1.807) is 6.07 Å². The molecule has 1 heterocycles. The Kier molecular flexibility index (Phi) is 5.81. The second kappa shape index (κ2) is 8.12. The van der Waals surface area contributed by atoms with Crippen molar-refractivity contribution in [2.75, 3.05) is 5.32 Å². The number of benzene rings is 2. The summed E-state index contributed by atoms with van der Waals surface area (Å²) in [6.45, 7) is 4.73. The monoisotopic (exact) mass is 400 g/mol. The van der Waals surface area contributed by atoms with Crippen molar-refractivity contribution in [3.05, 3.63) is 53.9 Å². The molecule has 3 N–H and O–H groups in total. The van der Waals surface area contributed by atoms with Crippen molar-refractivity contribution in [1.82, 2.24) is 9.55 Å². The van der Waals surface area contributed by atoms with Crippen LogP contribution in [0.3, 0.4) is 0 Å². The summed E-state index contributed by atoms with van der Waals surface area (Å²) in [4.78, 5) is 17.0. The van der Waals surface area contributed by atoms with Crippen LogP contribution in [0.2, 0.25) is 0 Å². The van der Waals surface area contributed by atoms with Gasteiger partial charge in [-0.3, -0.25) is 4.79 Å². The molecule has 28 heavy (non-hydrogen) atoms. The maximum atomic E-state index is 12.4. The van der Waals surface area contributed by atoms with E-state index in [4.69, 9.17) is 5.14 Å². The quantitative estimate of drug-likeness (QED) is 0.636. The van der Waals surface area contributed by atoms with Gasteiger partial charge in [0.2, 0.25) is 15.9 Å². The molecule has 8 heteroatoms. The zero-order valence-corrected chi connectivity index (χ0v) is 16.8. The molecule has 0 spiro atoms. The number of nitrogens with one attached hydrogen (secondary N) is 1. The standard InChI is InChI=1S/C20H24N4O3S/c1-3-12-24-18-9-8-15(28(21,26)27)13-17(18)22-19(24)10-11-20(25)23-16-7-5-4-6-14(16)2/h4-9,13H,3,10-12H2,1-2H3,(H,23,25)(H2,21,26,27). The number of carbonyl (C=O) groups is 1. The van der Waals surface area contributed by atoms with Crippen LogP contribution < -0.4 is 10.5 Å². The van der Waals surface area contributed by atoms with Crippen LogP contribution in [0.25, 0.3) is 11.0 Å². The Morgan fingerprint density at radius 2 is 1.96 bits per heavy atom. The number of rotatable bonds is 7. The van der Waals surface area contributed by atoms with Gasteiger partial charge >= 0.3 is 0 Å². The fraction of sp³-hybridized carbons (Fsp3) is 0.300. The van der Waals surface area contributed by atoms with Gasteiger partial charge in [0.15, 0.2) is 0 Å². The predicted molar refractivity (Wildman–Crippen MR) is 110 cm³/mol. The van der Waals surface area contributed by atoms with Crippen molar-refractivity contribution in [2.24, 2.45) is 5.14 Å². The van der Waals surface area contributed by atoms with Crippen molar-refractivity contribution in [1.29, 1.82) is 0 Å². The Labute approximate surface area is 164 Å². The van der Waals surface area contributed by atoms with E-state index in [9.17, 15) is 13.2 Å². The third-order valence-electron chi connectivity index (χ3n) is 4.57. The van der Waals surface area contributed by atoms with Crippen LogP contribution in [0.5, 0.6) is 0 Å². The van der Waals surface area contributed by atoms with Gasteiger partial charge in [0.05, 0.1) is 15.9 Å². The molecular formula is C20H24N4O3S. The lowest BCUT2D eigenvalue weighted by atomic mass is 10.2. The third kappa shape index (κ3) is 4.40. The SMILES string of the molecule is CCCn1c(CCC(=O)Nc2ccccc2C)nc2cc(S(N)(=O)=O)ccc21. The summed E-state index contributed by atoms with van der Waals surface area (Å²) in [7, 11) is -3.79. The van der Waals surface area contributed by atoms with E-state index in [0.717, 1.165) is 35.6 Å². The van der Waals surface area contributed by atoms with Crippen LogP contribution in [0, 0.1) is 6.92 Å². The maximum absolute atomic E-state index is 12.4. The number of carbonyl (C=O) groups excluding carboxylic acids is 1. The number of para-hydroxylation sites is 1. The Balaban J connectivity index is 1.82. The van der Waals surface area contributed by atoms with Crippen LogP contribution in [0.15, 0.2) is 47.4 Å². The molecule has 7 nitrogen and oxygen atoms in total. The molecule has 0 saturated carbocycles. The molecule has 0 atom stereocenters. The first-order chi connectivity index (χ1) is 13.3. The molecule has 148 valence electrons. The van der Waals surface area contributed by atoms with Crippen LogP contribution in [-0.2, 0) is 27.8 Å². The Morgan fingerprint density at radius 3 is 2.64 bits per heavy atom. The minimum absolute atomic E-state index is 0.0324. The Bertz CT molecular complexity index is 1120. The molecule has 0 aliphatic rings. The van der Waals surface area contributed by atoms with E-state index in [-0.39, 0.29) is 17.2 Å². The van der Waals surface area contributed by atoms with Gasteiger partial charge < -0.3 is 9.88 Å². The molecule has 2 aromatic carbocycles. The van der Waals surface area contributed by atoms with E-state index in [1.807, 2.05) is 35.8 Å². The van der Waals surface area contributed by atoms with E-state index >= 15 is 0 Å². The van der Waals surface area contributed by atoms with Gasteiger partial charge in [-0.2, -0.15) is 0 Å². The highest BCUT2D eigenvalue weighted by Crippen LogP contribution is 2.22. The number of sulfonamides is 1. The number of primary sulfonamides is 1. The lowest BCUT2D eigenvalue weighted by molar-refractivity contribution is -0.116. The zero-order valence-electron chi connectivity index (χ0n) is 16.0. The van der Waals surface area contributed by atoms with Gasteiger partial charge in [-0.05, 0) is 43.2 Å². The molecule has 0 saturated heterocycles. The largest absolute Gasteiger partial charge is 0.328 e. The number of amides is 1. The van der Waals surface area contributed by atoms with Gasteiger partial charge in [-0.15, -0.1) is 0 Å². The summed E-state index contributed by atoms with van der Waals surface area (Å²) >= 11 is 0. The number of hydrogen-bond acceptors (Lipinski definition) is 4. The molecular weight excluding hydrogens is 376 g/mol. The number of imidazole rings is 1. The molecule has 3 rings (SSSR count). The van der Waals surface area contributed by atoms with E-state index in [2.05, 4.69) is 17.2 Å². The van der Waals surface area contributed by atoms with Crippen LogP contribution in [-0.4, -0.2) is 23.9 Å². The maximum Gasteiger partial charge on any atom is 0.238 e. The van der Waals surface area contributed by atoms with Gasteiger partial charge in [0.1, 0.15) is 5.82 Å². The summed E-state index contributed by atoms with van der Waals surface area (Å²) in [5.74, 6) is 0.665. The van der Waals surface area contributed by atoms with Crippen LogP contribution in [0.4, 0.5) is 5.69 Å². The fourth-order valence-corrected chi connectivity index (χ4v) is 3.69. The first-order valence-electron chi connectivity index (χ1n) is 9.17. The molecule has 1 aromatic heterocycles. The minimum Gasteiger partial charge on any atom is -0.328 e. The first kappa shape index (κ1) is 20.0. The normalized spacial score (nSPS) is 11.7. The summed E-state index contributed by atoms with van der Waals surface area (Å²) in [5, 5.41) is 8.14. The smallest absolute Gasteiger partial charge is 0.238 e. The lowest BCUT2D eigenvalue weighted by Gasteiger charge is -2.09. The molecule has 0 fully saturated rings. The summed E-state index contributed by atoms with van der Waals surface area (Å²) in [6, 6.07) is 12.3. The zero-order chi connectivity index (χ0) is 20.3. The molecule has 1 amide bonds. The molecule has 3 aromatic rings. The number of nitrogens with zero attached hydrogens (tertiary/aromatic N) is 2. The second-order valence-electron chi connectivity index (χ2n) is 6.74. The highest BCUT2D eigenvalue weighted by Gasteiger charge is 2.15. The van der Waals surface area contributed by atoms with Crippen molar-refractivity contribution in [3.63, 3.8) is 0 Å². The Hall–Kier alpha value is -2.71. The van der Waals surface area contributed by atoms with Gasteiger partial charge in [-0.25, -0.2) is 18.5 Å². The molecule has 0 unspecified atom stereocenters. The van der Waals surface area contributed by atoms with Crippen molar-refractivity contribution < 1.29 is 13.2 Å². The number of aryl methyl sites for hydroxylation is 3.